The van der Waals surface area contributed by atoms with Crippen molar-refractivity contribution in [2.24, 2.45) is 5.92 Å². The Hall–Kier alpha value is -1.51. The molecule has 0 aromatic heterocycles. The van der Waals surface area contributed by atoms with Gasteiger partial charge in [-0.2, -0.15) is 0 Å². The SMILES string of the molecule is Cc1cccc(C(=O)N[C@@H]2COC[C@H]2CS(=O)(=O)N(C)C)c1F. The van der Waals surface area contributed by atoms with Gasteiger partial charge in [0.15, 0.2) is 0 Å². The fourth-order valence-electron chi connectivity index (χ4n) is 2.41. The summed E-state index contributed by atoms with van der Waals surface area (Å²) in [5, 5.41) is 2.69. The summed E-state index contributed by atoms with van der Waals surface area (Å²) in [4.78, 5) is 12.3. The van der Waals surface area contributed by atoms with E-state index in [9.17, 15) is 17.6 Å². The molecule has 1 heterocycles. The number of carbonyl (C=O) groups excluding carboxylic acids is 1. The van der Waals surface area contributed by atoms with Crippen molar-refractivity contribution in [1.29, 1.82) is 0 Å². The topological polar surface area (TPSA) is 75.7 Å². The number of ether oxygens (including phenoxy) is 1. The molecular weight excluding hydrogens is 323 g/mol. The molecule has 23 heavy (non-hydrogen) atoms. The van der Waals surface area contributed by atoms with Gasteiger partial charge in [0.1, 0.15) is 5.82 Å². The maximum absolute atomic E-state index is 14.0. The smallest absolute Gasteiger partial charge is 0.254 e. The Kier molecular flexibility index (Phi) is 5.38. The average molecular weight is 344 g/mol. The van der Waals surface area contributed by atoms with E-state index >= 15 is 0 Å². The predicted molar refractivity (Wildman–Crippen MR) is 84.2 cm³/mol. The van der Waals surface area contributed by atoms with Crippen LogP contribution in [0.15, 0.2) is 18.2 Å². The molecule has 1 amide bonds. The van der Waals surface area contributed by atoms with E-state index in [0.717, 1.165) is 4.31 Å². The summed E-state index contributed by atoms with van der Waals surface area (Å²) >= 11 is 0. The summed E-state index contributed by atoms with van der Waals surface area (Å²) in [6.45, 7) is 2.04. The second kappa shape index (κ2) is 6.94. The van der Waals surface area contributed by atoms with Crippen LogP contribution in [0.4, 0.5) is 4.39 Å². The predicted octanol–water partition coefficient (Wildman–Crippen LogP) is 0.770. The van der Waals surface area contributed by atoms with Crippen LogP contribution in [0.5, 0.6) is 0 Å². The quantitative estimate of drug-likeness (QED) is 0.856. The van der Waals surface area contributed by atoms with Crippen molar-refractivity contribution in [2.45, 2.75) is 13.0 Å². The minimum Gasteiger partial charge on any atom is -0.379 e. The molecule has 0 radical (unpaired) electrons. The van der Waals surface area contributed by atoms with Gasteiger partial charge in [0.05, 0.1) is 30.6 Å². The highest BCUT2D eigenvalue weighted by molar-refractivity contribution is 7.89. The lowest BCUT2D eigenvalue weighted by Crippen LogP contribution is -2.43. The maximum Gasteiger partial charge on any atom is 0.254 e. The first kappa shape index (κ1) is 17.8. The number of aryl methyl sites for hydroxylation is 1. The van der Waals surface area contributed by atoms with Crippen LogP contribution in [-0.4, -0.2) is 57.7 Å². The zero-order valence-electron chi connectivity index (χ0n) is 13.4. The van der Waals surface area contributed by atoms with Crippen LogP contribution in [-0.2, 0) is 14.8 Å². The van der Waals surface area contributed by atoms with E-state index in [2.05, 4.69) is 5.32 Å². The third-order valence-electron chi connectivity index (χ3n) is 3.93. The maximum atomic E-state index is 14.0. The van der Waals surface area contributed by atoms with E-state index in [1.165, 1.54) is 20.2 Å². The van der Waals surface area contributed by atoms with Crippen LogP contribution in [0.3, 0.4) is 0 Å². The average Bonchev–Trinajstić information content (AvgIpc) is 2.88. The fourth-order valence-corrected chi connectivity index (χ4v) is 3.58. The Morgan fingerprint density at radius 1 is 1.39 bits per heavy atom. The van der Waals surface area contributed by atoms with Crippen LogP contribution < -0.4 is 5.32 Å². The van der Waals surface area contributed by atoms with Gasteiger partial charge in [0.2, 0.25) is 10.0 Å². The number of rotatable bonds is 5. The number of halogens is 1. The van der Waals surface area contributed by atoms with Crippen molar-refractivity contribution in [3.8, 4) is 0 Å². The second-order valence-corrected chi connectivity index (χ2v) is 8.10. The third-order valence-corrected chi connectivity index (χ3v) is 5.89. The van der Waals surface area contributed by atoms with E-state index in [-0.39, 0.29) is 30.4 Å². The minimum atomic E-state index is -3.40. The van der Waals surface area contributed by atoms with Gasteiger partial charge < -0.3 is 10.1 Å². The van der Waals surface area contributed by atoms with Gasteiger partial charge in [-0.1, -0.05) is 12.1 Å². The van der Waals surface area contributed by atoms with Gasteiger partial charge in [-0.3, -0.25) is 4.79 Å². The van der Waals surface area contributed by atoms with E-state index in [1.54, 1.807) is 19.1 Å². The number of carbonyl (C=O) groups is 1. The minimum absolute atomic E-state index is 0.0499. The molecule has 8 heteroatoms. The number of amides is 1. The number of sulfonamides is 1. The molecule has 6 nitrogen and oxygen atoms in total. The molecule has 1 aromatic carbocycles. The first-order valence-electron chi connectivity index (χ1n) is 7.26. The van der Waals surface area contributed by atoms with Crippen LogP contribution in [0.25, 0.3) is 0 Å². The molecule has 1 aliphatic rings. The Morgan fingerprint density at radius 3 is 2.74 bits per heavy atom. The van der Waals surface area contributed by atoms with Crippen LogP contribution in [0.1, 0.15) is 15.9 Å². The van der Waals surface area contributed by atoms with Gasteiger partial charge in [-0.25, -0.2) is 17.1 Å². The van der Waals surface area contributed by atoms with Crippen molar-refractivity contribution < 1.29 is 22.3 Å². The number of hydrogen-bond donors (Lipinski definition) is 1. The lowest BCUT2D eigenvalue weighted by atomic mass is 10.0. The fraction of sp³-hybridized carbons (Fsp3) is 0.533. The molecule has 128 valence electrons. The highest BCUT2D eigenvalue weighted by Gasteiger charge is 2.34. The van der Waals surface area contributed by atoms with Crippen molar-refractivity contribution in [2.75, 3.05) is 33.1 Å². The number of hydrogen-bond acceptors (Lipinski definition) is 4. The Bertz CT molecular complexity index is 691. The summed E-state index contributed by atoms with van der Waals surface area (Å²) in [5.41, 5.74) is 0.332. The summed E-state index contributed by atoms with van der Waals surface area (Å²) in [6, 6.07) is 4.13. The number of nitrogens with one attached hydrogen (secondary N) is 1. The van der Waals surface area contributed by atoms with Crippen LogP contribution in [0, 0.1) is 18.7 Å². The zero-order chi connectivity index (χ0) is 17.2. The Balaban J connectivity index is 2.09. The van der Waals surface area contributed by atoms with Crippen molar-refractivity contribution in [3.05, 3.63) is 35.1 Å². The molecule has 1 aliphatic heterocycles. The first-order chi connectivity index (χ1) is 10.7. The van der Waals surface area contributed by atoms with Crippen LogP contribution >= 0.6 is 0 Å². The lowest BCUT2D eigenvalue weighted by Gasteiger charge is -2.21. The van der Waals surface area contributed by atoms with Crippen molar-refractivity contribution >= 4 is 15.9 Å². The molecular formula is C15H21FN2O4S. The van der Waals surface area contributed by atoms with E-state index in [0.29, 0.717) is 5.56 Å². The highest BCUT2D eigenvalue weighted by Crippen LogP contribution is 2.19. The first-order valence-corrected chi connectivity index (χ1v) is 8.87. The van der Waals surface area contributed by atoms with Crippen molar-refractivity contribution in [1.82, 2.24) is 9.62 Å². The monoisotopic (exact) mass is 344 g/mol. The molecule has 2 atom stereocenters. The lowest BCUT2D eigenvalue weighted by molar-refractivity contribution is 0.0921. The molecule has 1 N–H and O–H groups in total. The standard InChI is InChI=1S/C15H21FN2O4S/c1-10-5-4-6-12(14(10)16)15(19)17-13-8-22-7-11(13)9-23(20,21)18(2)3/h4-6,11,13H,7-9H2,1-3H3,(H,17,19)/t11-,13+/m0/s1. The van der Waals surface area contributed by atoms with Crippen molar-refractivity contribution in [3.63, 3.8) is 0 Å². The Labute approximate surface area is 135 Å². The van der Waals surface area contributed by atoms with Gasteiger partial charge in [0, 0.05) is 20.0 Å². The van der Waals surface area contributed by atoms with E-state index in [1.807, 2.05) is 0 Å². The molecule has 0 saturated carbocycles. The molecule has 2 rings (SSSR count). The Morgan fingerprint density at radius 2 is 2.09 bits per heavy atom. The molecule has 1 fully saturated rings. The molecule has 0 aliphatic carbocycles. The zero-order valence-corrected chi connectivity index (χ0v) is 14.2. The van der Waals surface area contributed by atoms with Gasteiger partial charge in [0.25, 0.3) is 5.91 Å². The second-order valence-electron chi connectivity index (χ2n) is 5.87. The number of nitrogens with zero attached hydrogens (tertiary/aromatic N) is 1. The molecule has 0 bridgehead atoms. The van der Waals surface area contributed by atoms with Crippen LogP contribution in [0.2, 0.25) is 0 Å². The largest absolute Gasteiger partial charge is 0.379 e. The third kappa shape index (κ3) is 4.07. The van der Waals surface area contributed by atoms with Gasteiger partial charge in [-0.15, -0.1) is 0 Å². The molecule has 1 saturated heterocycles. The van der Waals surface area contributed by atoms with E-state index < -0.39 is 27.8 Å². The molecule has 0 unspecified atom stereocenters. The molecule has 0 spiro atoms. The summed E-state index contributed by atoms with van der Waals surface area (Å²) in [6.07, 6.45) is 0. The van der Waals surface area contributed by atoms with Gasteiger partial charge >= 0.3 is 0 Å². The molecule has 1 aromatic rings. The summed E-state index contributed by atoms with van der Waals surface area (Å²) < 4.78 is 44.4. The normalized spacial score (nSPS) is 21.6. The highest BCUT2D eigenvalue weighted by atomic mass is 32.2. The van der Waals surface area contributed by atoms with E-state index in [4.69, 9.17) is 4.74 Å². The summed E-state index contributed by atoms with van der Waals surface area (Å²) in [5.74, 6) is -1.61. The van der Waals surface area contributed by atoms with Gasteiger partial charge in [-0.05, 0) is 18.6 Å². The summed E-state index contributed by atoms with van der Waals surface area (Å²) in [7, 11) is -0.484. The number of benzene rings is 1.